The Labute approximate surface area is 198 Å². The van der Waals surface area contributed by atoms with E-state index in [1.165, 1.54) is 12.1 Å². The lowest BCUT2D eigenvalue weighted by molar-refractivity contribution is -0.674. The van der Waals surface area contributed by atoms with E-state index in [9.17, 15) is 13.0 Å². The van der Waals surface area contributed by atoms with E-state index in [1.807, 2.05) is 68.6 Å². The number of anilines is 1. The number of aryl methyl sites for hydroxylation is 3. The molecule has 0 aliphatic carbocycles. The molecule has 8 heteroatoms. The van der Waals surface area contributed by atoms with Crippen molar-refractivity contribution in [3.05, 3.63) is 95.0 Å². The maximum atomic E-state index is 10.4. The Balaban J connectivity index is 0.000000235. The normalized spacial score (nSPS) is 11.4. The van der Waals surface area contributed by atoms with E-state index in [-0.39, 0.29) is 4.90 Å². The summed E-state index contributed by atoms with van der Waals surface area (Å²) in [5.41, 5.74) is 4.85. The summed E-state index contributed by atoms with van der Waals surface area (Å²) in [6, 6.07) is 19.7. The third-order valence-electron chi connectivity index (χ3n) is 4.89. The van der Waals surface area contributed by atoms with Crippen molar-refractivity contribution in [2.24, 2.45) is 0 Å². The second-order valence-electron chi connectivity index (χ2n) is 7.36. The standard InChI is InChI=1S/C18H17ClN2O.C7H8O3S/c1-3-21-16-12-15(19)13(2)11-17(16)22-18(21)9-10-20-14-7-5-4-6-8-14;1-6-2-4-7(5-3-6)11(8,9)10/h4-12H,3H2,1-2H3;2-5H,1H3,(H,8,9,10). The van der Waals surface area contributed by atoms with Crippen LogP contribution >= 0.6 is 11.6 Å². The molecule has 1 aromatic heterocycles. The van der Waals surface area contributed by atoms with Crippen LogP contribution in [0.15, 0.2) is 82.2 Å². The van der Waals surface area contributed by atoms with Gasteiger partial charge in [-0.2, -0.15) is 4.57 Å². The predicted molar refractivity (Wildman–Crippen MR) is 130 cm³/mol. The van der Waals surface area contributed by atoms with Crippen molar-refractivity contribution < 1.29 is 22.0 Å². The van der Waals surface area contributed by atoms with Gasteiger partial charge in [-0.25, -0.2) is 8.42 Å². The van der Waals surface area contributed by atoms with Gasteiger partial charge in [0.15, 0.2) is 0 Å². The highest BCUT2D eigenvalue weighted by molar-refractivity contribution is 7.85. The van der Waals surface area contributed by atoms with E-state index in [2.05, 4.69) is 16.8 Å². The molecule has 33 heavy (non-hydrogen) atoms. The van der Waals surface area contributed by atoms with Crippen LogP contribution in [-0.4, -0.2) is 13.0 Å². The van der Waals surface area contributed by atoms with Gasteiger partial charge in [0.2, 0.25) is 5.58 Å². The summed E-state index contributed by atoms with van der Waals surface area (Å²) >= 11 is 6.22. The van der Waals surface area contributed by atoms with Gasteiger partial charge in [-0.3, -0.25) is 0 Å². The highest BCUT2D eigenvalue weighted by Gasteiger charge is 2.20. The Morgan fingerprint density at radius 1 is 1.06 bits per heavy atom. The average Bonchev–Trinajstić information content (AvgIpc) is 3.11. The minimum Gasteiger partial charge on any atom is -0.744 e. The summed E-state index contributed by atoms with van der Waals surface area (Å²) in [6.45, 7) is 6.70. The van der Waals surface area contributed by atoms with E-state index in [4.69, 9.17) is 16.0 Å². The molecule has 0 saturated carbocycles. The van der Waals surface area contributed by atoms with Crippen molar-refractivity contribution in [1.29, 1.82) is 0 Å². The summed E-state index contributed by atoms with van der Waals surface area (Å²) < 4.78 is 39.2. The van der Waals surface area contributed by atoms with Crippen LogP contribution in [0, 0.1) is 13.8 Å². The minimum atomic E-state index is -4.27. The molecule has 4 aromatic rings. The van der Waals surface area contributed by atoms with Gasteiger partial charge in [0.25, 0.3) is 5.52 Å². The van der Waals surface area contributed by atoms with E-state index < -0.39 is 10.1 Å². The monoisotopic (exact) mass is 484 g/mol. The third-order valence-corrected chi connectivity index (χ3v) is 6.14. The van der Waals surface area contributed by atoms with E-state index >= 15 is 0 Å². The smallest absolute Gasteiger partial charge is 0.375 e. The lowest BCUT2D eigenvalue weighted by atomic mass is 10.2. The van der Waals surface area contributed by atoms with Crippen LogP contribution in [0.1, 0.15) is 23.9 Å². The number of aromatic nitrogens is 1. The zero-order valence-corrected chi connectivity index (χ0v) is 20.2. The summed E-state index contributed by atoms with van der Waals surface area (Å²) in [7, 11) is -4.27. The second-order valence-corrected chi connectivity index (χ2v) is 9.15. The van der Waals surface area contributed by atoms with Crippen molar-refractivity contribution in [1.82, 2.24) is 0 Å². The summed E-state index contributed by atoms with van der Waals surface area (Å²) in [4.78, 5) is -0.178. The zero-order chi connectivity index (χ0) is 24.0. The first-order chi connectivity index (χ1) is 15.7. The molecule has 0 spiro atoms. The van der Waals surface area contributed by atoms with Crippen LogP contribution in [0.2, 0.25) is 5.02 Å². The Morgan fingerprint density at radius 2 is 1.73 bits per heavy atom. The third kappa shape index (κ3) is 6.44. The number of fused-ring (bicyclic) bond motifs is 1. The van der Waals surface area contributed by atoms with E-state index in [1.54, 1.807) is 12.1 Å². The maximum absolute atomic E-state index is 10.4. The number of nitrogens with zero attached hydrogens (tertiary/aromatic N) is 1. The van der Waals surface area contributed by atoms with Crippen LogP contribution in [0.3, 0.4) is 0 Å². The molecule has 0 saturated heterocycles. The number of halogens is 1. The van der Waals surface area contributed by atoms with Crippen LogP contribution in [-0.2, 0) is 16.7 Å². The SMILES string of the molecule is CC[n+]1c(C=CNc2ccccc2)oc2cc(C)c(Cl)cc21.Cc1ccc(S(=O)(=O)[O-])cc1. The zero-order valence-electron chi connectivity index (χ0n) is 18.6. The summed E-state index contributed by atoms with van der Waals surface area (Å²) in [5, 5.41) is 3.99. The highest BCUT2D eigenvalue weighted by Crippen LogP contribution is 2.23. The van der Waals surface area contributed by atoms with E-state index in [0.717, 1.165) is 45.4 Å². The van der Waals surface area contributed by atoms with Gasteiger partial charge in [0.1, 0.15) is 16.7 Å². The molecule has 6 nitrogen and oxygen atoms in total. The van der Waals surface area contributed by atoms with Crippen LogP contribution in [0.25, 0.3) is 17.2 Å². The first kappa shape index (κ1) is 24.5. The summed E-state index contributed by atoms with van der Waals surface area (Å²) in [6.07, 6.45) is 3.81. The number of hydrogen-bond donors (Lipinski definition) is 1. The van der Waals surface area contributed by atoms with Gasteiger partial charge < -0.3 is 14.3 Å². The van der Waals surface area contributed by atoms with Crippen molar-refractivity contribution in [2.45, 2.75) is 32.2 Å². The maximum Gasteiger partial charge on any atom is 0.375 e. The molecule has 0 bridgehead atoms. The minimum absolute atomic E-state index is 0.178. The Hall–Kier alpha value is -3.13. The Bertz CT molecular complexity index is 1360. The first-order valence-corrected chi connectivity index (χ1v) is 12.1. The fraction of sp³-hybridized carbons (Fsp3) is 0.160. The second kappa shape index (κ2) is 10.7. The first-order valence-electron chi connectivity index (χ1n) is 10.3. The van der Waals surface area contributed by atoms with Gasteiger partial charge in [0.05, 0.1) is 16.0 Å². The fourth-order valence-electron chi connectivity index (χ4n) is 3.12. The quantitative estimate of drug-likeness (QED) is 0.290. The molecule has 172 valence electrons. The molecule has 1 heterocycles. The van der Waals surface area contributed by atoms with Gasteiger partial charge in [-0.15, -0.1) is 0 Å². The van der Waals surface area contributed by atoms with Crippen molar-refractivity contribution in [3.8, 4) is 0 Å². The molecule has 0 amide bonds. The van der Waals surface area contributed by atoms with Crippen LogP contribution in [0.5, 0.6) is 0 Å². The van der Waals surface area contributed by atoms with Crippen LogP contribution in [0.4, 0.5) is 5.69 Å². The van der Waals surface area contributed by atoms with Gasteiger partial charge in [-0.1, -0.05) is 47.5 Å². The van der Waals surface area contributed by atoms with Crippen molar-refractivity contribution >= 4 is 44.6 Å². The van der Waals surface area contributed by atoms with Crippen LogP contribution < -0.4 is 9.88 Å². The lowest BCUT2D eigenvalue weighted by Gasteiger charge is -2.05. The highest BCUT2D eigenvalue weighted by atomic mass is 35.5. The van der Waals surface area contributed by atoms with Gasteiger partial charge in [0, 0.05) is 18.0 Å². The topological polar surface area (TPSA) is 86.2 Å². The average molecular weight is 485 g/mol. The lowest BCUT2D eigenvalue weighted by Crippen LogP contribution is -2.33. The molecule has 0 fully saturated rings. The molecular weight excluding hydrogens is 460 g/mol. The molecule has 0 aliphatic heterocycles. The molecule has 0 unspecified atom stereocenters. The Morgan fingerprint density at radius 3 is 2.33 bits per heavy atom. The molecule has 1 N–H and O–H groups in total. The predicted octanol–water partition coefficient (Wildman–Crippen LogP) is 5.68. The number of nitrogens with one attached hydrogen (secondary N) is 1. The largest absolute Gasteiger partial charge is 0.744 e. The number of hydrogen-bond acceptors (Lipinski definition) is 5. The van der Waals surface area contributed by atoms with Crippen molar-refractivity contribution in [2.75, 3.05) is 5.32 Å². The van der Waals surface area contributed by atoms with E-state index in [0.29, 0.717) is 0 Å². The molecule has 4 rings (SSSR count). The molecule has 0 atom stereocenters. The van der Waals surface area contributed by atoms with Crippen molar-refractivity contribution in [3.63, 3.8) is 0 Å². The molecule has 3 aromatic carbocycles. The van der Waals surface area contributed by atoms with Gasteiger partial charge in [-0.05, 0) is 56.7 Å². The number of benzene rings is 3. The number of oxazole rings is 1. The Kier molecular flexibility index (Phi) is 7.92. The molecular formula is C25H25ClN2O4S. The molecule has 0 aliphatic rings. The van der Waals surface area contributed by atoms with Gasteiger partial charge >= 0.3 is 5.89 Å². The summed E-state index contributed by atoms with van der Waals surface area (Å²) in [5.74, 6) is 0.794. The molecule has 0 radical (unpaired) electrons. The number of para-hydroxylation sites is 1. The fourth-order valence-corrected chi connectivity index (χ4v) is 3.75. The number of rotatable bonds is 5.